The van der Waals surface area contributed by atoms with Gasteiger partial charge in [-0.3, -0.25) is 0 Å². The molecule has 0 bridgehead atoms. The van der Waals surface area contributed by atoms with Crippen molar-refractivity contribution in [2.45, 2.75) is 13.3 Å². The van der Waals surface area contributed by atoms with Crippen LogP contribution in [-0.2, 0) is 0 Å². The molecule has 13 heavy (non-hydrogen) atoms. The Labute approximate surface area is 78.5 Å². The predicted octanol–water partition coefficient (Wildman–Crippen LogP) is 2.07. The Morgan fingerprint density at radius 2 is 2.00 bits per heavy atom. The first-order valence-corrected chi connectivity index (χ1v) is 4.34. The van der Waals surface area contributed by atoms with E-state index in [-0.39, 0.29) is 0 Å². The average molecular weight is 181 g/mol. The molecule has 0 spiro atoms. The monoisotopic (exact) mass is 181 g/mol. The van der Waals surface area contributed by atoms with Crippen LogP contribution in [0.1, 0.15) is 13.3 Å². The highest BCUT2D eigenvalue weighted by atomic mass is 16.5. The number of hydrogen-bond acceptors (Lipinski definition) is 3. The zero-order valence-electron chi connectivity index (χ0n) is 8.04. The number of benzene rings is 1. The summed E-state index contributed by atoms with van der Waals surface area (Å²) in [6.45, 7) is 2.73. The number of rotatable bonds is 4. The Balaban J connectivity index is 2.81. The second kappa shape index (κ2) is 4.60. The van der Waals surface area contributed by atoms with E-state index in [1.807, 2.05) is 18.2 Å². The Bertz CT molecular complexity index is 274. The van der Waals surface area contributed by atoms with Crippen LogP contribution < -0.4 is 15.2 Å². The zero-order chi connectivity index (χ0) is 9.68. The smallest absolute Gasteiger partial charge is 0.146 e. The first-order chi connectivity index (χ1) is 6.29. The average Bonchev–Trinajstić information content (AvgIpc) is 2.16. The van der Waals surface area contributed by atoms with Crippen LogP contribution in [-0.4, -0.2) is 13.7 Å². The van der Waals surface area contributed by atoms with Crippen LogP contribution in [0.2, 0.25) is 0 Å². The van der Waals surface area contributed by atoms with Crippen molar-refractivity contribution in [1.82, 2.24) is 0 Å². The lowest BCUT2D eigenvalue weighted by Crippen LogP contribution is -2.00. The molecule has 3 heteroatoms. The first-order valence-electron chi connectivity index (χ1n) is 4.34. The number of anilines is 1. The third-order valence-corrected chi connectivity index (χ3v) is 1.71. The van der Waals surface area contributed by atoms with E-state index in [1.54, 1.807) is 7.11 Å². The number of nitrogens with two attached hydrogens (primary N) is 1. The Morgan fingerprint density at radius 3 is 2.62 bits per heavy atom. The summed E-state index contributed by atoms with van der Waals surface area (Å²) < 4.78 is 10.5. The van der Waals surface area contributed by atoms with Gasteiger partial charge in [-0.15, -0.1) is 0 Å². The molecule has 0 saturated carbocycles. The molecule has 72 valence electrons. The maximum absolute atomic E-state index is 5.78. The van der Waals surface area contributed by atoms with Gasteiger partial charge in [0.1, 0.15) is 17.2 Å². The summed E-state index contributed by atoms with van der Waals surface area (Å²) >= 11 is 0. The summed E-state index contributed by atoms with van der Waals surface area (Å²) in [5.41, 5.74) is 6.35. The van der Waals surface area contributed by atoms with Crippen molar-refractivity contribution in [3.63, 3.8) is 0 Å². The minimum atomic E-state index is 0.568. The standard InChI is InChI=1S/C10H15NO2/c1-3-7-13-9-6-4-5-8(12-2)10(9)11/h4-6H,3,7,11H2,1-2H3. The maximum Gasteiger partial charge on any atom is 0.146 e. The van der Waals surface area contributed by atoms with Gasteiger partial charge in [0.25, 0.3) is 0 Å². The van der Waals surface area contributed by atoms with Gasteiger partial charge in [0.05, 0.1) is 13.7 Å². The van der Waals surface area contributed by atoms with Crippen LogP contribution in [0.15, 0.2) is 18.2 Å². The van der Waals surface area contributed by atoms with Gasteiger partial charge in [-0.1, -0.05) is 13.0 Å². The summed E-state index contributed by atoms with van der Waals surface area (Å²) in [6.07, 6.45) is 0.969. The number of ether oxygens (including phenoxy) is 2. The van der Waals surface area contributed by atoms with E-state index in [2.05, 4.69) is 6.92 Å². The van der Waals surface area contributed by atoms with Crippen LogP contribution in [0.5, 0.6) is 11.5 Å². The van der Waals surface area contributed by atoms with Crippen molar-refractivity contribution in [2.75, 3.05) is 19.5 Å². The quantitative estimate of drug-likeness (QED) is 0.723. The molecule has 3 nitrogen and oxygen atoms in total. The molecule has 1 rings (SSSR count). The molecule has 1 aromatic rings. The second-order valence-electron chi connectivity index (χ2n) is 2.72. The fourth-order valence-corrected chi connectivity index (χ4v) is 1.04. The van der Waals surface area contributed by atoms with E-state index in [9.17, 15) is 0 Å². The van der Waals surface area contributed by atoms with E-state index in [1.165, 1.54) is 0 Å². The zero-order valence-corrected chi connectivity index (χ0v) is 8.04. The van der Waals surface area contributed by atoms with Crippen molar-refractivity contribution >= 4 is 5.69 Å². The van der Waals surface area contributed by atoms with Gasteiger partial charge < -0.3 is 15.2 Å². The highest BCUT2D eigenvalue weighted by Crippen LogP contribution is 2.30. The topological polar surface area (TPSA) is 44.5 Å². The SMILES string of the molecule is CCCOc1cccc(OC)c1N. The van der Waals surface area contributed by atoms with E-state index in [0.717, 1.165) is 6.42 Å². The Kier molecular flexibility index (Phi) is 3.43. The highest BCUT2D eigenvalue weighted by Gasteiger charge is 2.04. The summed E-state index contributed by atoms with van der Waals surface area (Å²) in [4.78, 5) is 0. The number of nitrogen functional groups attached to an aromatic ring is 1. The molecule has 2 N–H and O–H groups in total. The fraction of sp³-hybridized carbons (Fsp3) is 0.400. The molecular formula is C10H15NO2. The molecule has 0 aliphatic carbocycles. The predicted molar refractivity (Wildman–Crippen MR) is 53.2 cm³/mol. The molecule has 0 aliphatic rings. The number of methoxy groups -OCH3 is 1. The summed E-state index contributed by atoms with van der Waals surface area (Å²) in [7, 11) is 1.59. The second-order valence-corrected chi connectivity index (χ2v) is 2.72. The lowest BCUT2D eigenvalue weighted by atomic mass is 10.3. The summed E-state index contributed by atoms with van der Waals surface area (Å²) in [5, 5.41) is 0. The van der Waals surface area contributed by atoms with Crippen molar-refractivity contribution in [3.8, 4) is 11.5 Å². The third-order valence-electron chi connectivity index (χ3n) is 1.71. The molecule has 0 fully saturated rings. The van der Waals surface area contributed by atoms with E-state index in [4.69, 9.17) is 15.2 Å². The maximum atomic E-state index is 5.78. The summed E-state index contributed by atoms with van der Waals surface area (Å²) in [5.74, 6) is 1.36. The van der Waals surface area contributed by atoms with E-state index < -0.39 is 0 Å². The van der Waals surface area contributed by atoms with Crippen LogP contribution in [0.4, 0.5) is 5.69 Å². The number of hydrogen-bond donors (Lipinski definition) is 1. The van der Waals surface area contributed by atoms with Crippen LogP contribution in [0.25, 0.3) is 0 Å². The van der Waals surface area contributed by atoms with Gasteiger partial charge in [-0.2, -0.15) is 0 Å². The normalized spacial score (nSPS) is 9.69. The molecule has 0 atom stereocenters. The van der Waals surface area contributed by atoms with Gasteiger partial charge in [-0.25, -0.2) is 0 Å². The first kappa shape index (κ1) is 9.71. The largest absolute Gasteiger partial charge is 0.494 e. The lowest BCUT2D eigenvalue weighted by molar-refractivity contribution is 0.317. The lowest BCUT2D eigenvalue weighted by Gasteiger charge is -2.10. The van der Waals surface area contributed by atoms with Crippen LogP contribution in [0.3, 0.4) is 0 Å². The molecule has 0 unspecified atom stereocenters. The van der Waals surface area contributed by atoms with E-state index >= 15 is 0 Å². The highest BCUT2D eigenvalue weighted by molar-refractivity contribution is 5.62. The summed E-state index contributed by atoms with van der Waals surface area (Å²) in [6, 6.07) is 5.52. The molecule has 0 aliphatic heterocycles. The Hall–Kier alpha value is -1.38. The molecule has 0 radical (unpaired) electrons. The van der Waals surface area contributed by atoms with Crippen molar-refractivity contribution in [1.29, 1.82) is 0 Å². The van der Waals surface area contributed by atoms with Crippen LogP contribution >= 0.6 is 0 Å². The number of para-hydroxylation sites is 1. The van der Waals surface area contributed by atoms with Crippen molar-refractivity contribution in [3.05, 3.63) is 18.2 Å². The molecule has 0 heterocycles. The molecule has 1 aromatic carbocycles. The third kappa shape index (κ3) is 2.28. The molecule has 0 aromatic heterocycles. The minimum Gasteiger partial charge on any atom is -0.494 e. The van der Waals surface area contributed by atoms with Crippen molar-refractivity contribution < 1.29 is 9.47 Å². The van der Waals surface area contributed by atoms with Crippen molar-refractivity contribution in [2.24, 2.45) is 0 Å². The van der Waals surface area contributed by atoms with E-state index in [0.29, 0.717) is 23.8 Å². The van der Waals surface area contributed by atoms with Gasteiger partial charge in [0, 0.05) is 0 Å². The fourth-order valence-electron chi connectivity index (χ4n) is 1.04. The van der Waals surface area contributed by atoms with Gasteiger partial charge in [0.15, 0.2) is 0 Å². The molecule has 0 amide bonds. The van der Waals surface area contributed by atoms with Gasteiger partial charge in [-0.05, 0) is 18.6 Å². The van der Waals surface area contributed by atoms with Crippen LogP contribution in [0, 0.1) is 0 Å². The van der Waals surface area contributed by atoms with Gasteiger partial charge >= 0.3 is 0 Å². The Morgan fingerprint density at radius 1 is 1.31 bits per heavy atom. The van der Waals surface area contributed by atoms with Gasteiger partial charge in [0.2, 0.25) is 0 Å². The molecule has 0 saturated heterocycles. The molecular weight excluding hydrogens is 166 g/mol. The minimum absolute atomic E-state index is 0.568.